The first-order valence-electron chi connectivity index (χ1n) is 4.79. The molecule has 0 fully saturated rings. The van der Waals surface area contributed by atoms with Gasteiger partial charge in [-0.2, -0.15) is 0 Å². The van der Waals surface area contributed by atoms with Crippen molar-refractivity contribution in [3.8, 4) is 0 Å². The predicted octanol–water partition coefficient (Wildman–Crippen LogP) is 1.86. The molecule has 0 saturated heterocycles. The standard InChI is InChI=1S/C11H13N3O/c1-7-3-4-9(5-8(7)2)6-10-13-14-11(12)15-10/h3-5H,6H2,1-2H3,(H2,12,14). The molecule has 0 saturated carbocycles. The smallest absolute Gasteiger partial charge is 0.312 e. The molecule has 0 unspecified atom stereocenters. The first-order valence-corrected chi connectivity index (χ1v) is 4.79. The number of nitrogens with two attached hydrogens (primary N) is 1. The van der Waals surface area contributed by atoms with Crippen molar-refractivity contribution in [2.24, 2.45) is 0 Å². The third-order valence-corrected chi connectivity index (χ3v) is 2.41. The van der Waals surface area contributed by atoms with Crippen LogP contribution in [-0.4, -0.2) is 10.2 Å². The van der Waals surface area contributed by atoms with Crippen molar-refractivity contribution in [3.05, 3.63) is 40.8 Å². The molecule has 2 aromatic rings. The van der Waals surface area contributed by atoms with E-state index in [1.165, 1.54) is 11.1 Å². The number of nitrogens with zero attached hydrogens (tertiary/aromatic N) is 2. The van der Waals surface area contributed by atoms with Crippen LogP contribution in [0.15, 0.2) is 22.6 Å². The van der Waals surface area contributed by atoms with Gasteiger partial charge in [0.25, 0.3) is 0 Å². The highest BCUT2D eigenvalue weighted by atomic mass is 16.4. The number of aryl methyl sites for hydroxylation is 2. The molecule has 1 aromatic heterocycles. The monoisotopic (exact) mass is 203 g/mol. The zero-order chi connectivity index (χ0) is 10.8. The Labute approximate surface area is 88.1 Å². The Morgan fingerprint density at radius 1 is 1.20 bits per heavy atom. The topological polar surface area (TPSA) is 64.9 Å². The minimum absolute atomic E-state index is 0.119. The summed E-state index contributed by atoms with van der Waals surface area (Å²) in [7, 11) is 0. The van der Waals surface area contributed by atoms with Crippen molar-refractivity contribution >= 4 is 6.01 Å². The number of anilines is 1. The van der Waals surface area contributed by atoms with E-state index in [1.54, 1.807) is 0 Å². The van der Waals surface area contributed by atoms with E-state index in [9.17, 15) is 0 Å². The SMILES string of the molecule is Cc1ccc(Cc2nnc(N)o2)cc1C. The summed E-state index contributed by atoms with van der Waals surface area (Å²) in [6.07, 6.45) is 0.630. The first kappa shape index (κ1) is 9.71. The van der Waals surface area contributed by atoms with Crippen LogP contribution in [0.5, 0.6) is 0 Å². The lowest BCUT2D eigenvalue weighted by molar-refractivity contribution is 0.522. The first-order chi connectivity index (χ1) is 7.15. The van der Waals surface area contributed by atoms with Crippen LogP contribution >= 0.6 is 0 Å². The molecular weight excluding hydrogens is 190 g/mol. The van der Waals surface area contributed by atoms with E-state index >= 15 is 0 Å². The Hall–Kier alpha value is -1.84. The van der Waals surface area contributed by atoms with E-state index in [4.69, 9.17) is 10.2 Å². The second kappa shape index (κ2) is 3.73. The molecule has 0 atom stereocenters. The van der Waals surface area contributed by atoms with Crippen LogP contribution in [-0.2, 0) is 6.42 Å². The van der Waals surface area contributed by atoms with E-state index in [1.807, 2.05) is 0 Å². The maximum atomic E-state index is 5.35. The lowest BCUT2D eigenvalue weighted by atomic mass is 10.0. The van der Waals surface area contributed by atoms with Crippen LogP contribution in [0.4, 0.5) is 6.01 Å². The average Bonchev–Trinajstić information content (AvgIpc) is 2.58. The number of rotatable bonds is 2. The fraction of sp³-hybridized carbons (Fsp3) is 0.273. The Kier molecular flexibility index (Phi) is 2.41. The van der Waals surface area contributed by atoms with Crippen LogP contribution in [0.3, 0.4) is 0 Å². The van der Waals surface area contributed by atoms with Gasteiger partial charge in [-0.3, -0.25) is 0 Å². The van der Waals surface area contributed by atoms with E-state index in [0.29, 0.717) is 12.3 Å². The Bertz CT molecular complexity index is 476. The lowest BCUT2D eigenvalue weighted by Gasteiger charge is -2.02. The van der Waals surface area contributed by atoms with E-state index < -0.39 is 0 Å². The predicted molar refractivity (Wildman–Crippen MR) is 57.4 cm³/mol. The molecule has 2 rings (SSSR count). The summed E-state index contributed by atoms with van der Waals surface area (Å²) in [5.74, 6) is 0.552. The molecule has 0 amide bonds. The fourth-order valence-electron chi connectivity index (χ4n) is 1.43. The van der Waals surface area contributed by atoms with E-state index in [-0.39, 0.29) is 6.01 Å². The molecule has 0 aliphatic carbocycles. The van der Waals surface area contributed by atoms with Crippen molar-refractivity contribution in [3.63, 3.8) is 0 Å². The Balaban J connectivity index is 2.21. The highest BCUT2D eigenvalue weighted by Crippen LogP contribution is 2.13. The zero-order valence-corrected chi connectivity index (χ0v) is 8.82. The molecule has 1 heterocycles. The average molecular weight is 203 g/mol. The summed E-state index contributed by atoms with van der Waals surface area (Å²) in [6, 6.07) is 6.39. The van der Waals surface area contributed by atoms with Crippen molar-refractivity contribution in [2.75, 3.05) is 5.73 Å². The van der Waals surface area contributed by atoms with Gasteiger partial charge in [-0.15, -0.1) is 5.10 Å². The van der Waals surface area contributed by atoms with Gasteiger partial charge in [0, 0.05) is 0 Å². The van der Waals surface area contributed by atoms with E-state index in [0.717, 1.165) is 5.56 Å². The van der Waals surface area contributed by atoms with Crippen molar-refractivity contribution in [1.82, 2.24) is 10.2 Å². The second-order valence-electron chi connectivity index (χ2n) is 3.63. The third-order valence-electron chi connectivity index (χ3n) is 2.41. The molecule has 0 radical (unpaired) electrons. The Morgan fingerprint density at radius 3 is 2.60 bits per heavy atom. The number of nitrogen functional groups attached to an aromatic ring is 1. The van der Waals surface area contributed by atoms with Gasteiger partial charge in [-0.05, 0) is 30.5 Å². The maximum absolute atomic E-state index is 5.35. The molecule has 78 valence electrons. The number of benzene rings is 1. The van der Waals surface area contributed by atoms with Gasteiger partial charge in [0.2, 0.25) is 5.89 Å². The maximum Gasteiger partial charge on any atom is 0.312 e. The van der Waals surface area contributed by atoms with Gasteiger partial charge < -0.3 is 10.2 Å². The van der Waals surface area contributed by atoms with Crippen LogP contribution in [0, 0.1) is 13.8 Å². The lowest BCUT2D eigenvalue weighted by Crippen LogP contribution is -1.90. The largest absolute Gasteiger partial charge is 0.408 e. The third kappa shape index (κ3) is 2.15. The molecule has 0 aliphatic rings. The summed E-state index contributed by atoms with van der Waals surface area (Å²) < 4.78 is 5.11. The van der Waals surface area contributed by atoms with Crippen molar-refractivity contribution in [1.29, 1.82) is 0 Å². The number of hydrogen-bond donors (Lipinski definition) is 1. The highest BCUT2D eigenvalue weighted by Gasteiger charge is 2.04. The molecule has 4 nitrogen and oxygen atoms in total. The van der Waals surface area contributed by atoms with Crippen LogP contribution in [0.2, 0.25) is 0 Å². The quantitative estimate of drug-likeness (QED) is 0.809. The summed E-state index contributed by atoms with van der Waals surface area (Å²) in [5.41, 5.74) is 9.05. The van der Waals surface area contributed by atoms with Gasteiger partial charge in [0.1, 0.15) is 0 Å². The minimum atomic E-state index is 0.119. The summed E-state index contributed by atoms with van der Waals surface area (Å²) in [4.78, 5) is 0. The summed E-state index contributed by atoms with van der Waals surface area (Å²) >= 11 is 0. The number of hydrogen-bond acceptors (Lipinski definition) is 4. The van der Waals surface area contributed by atoms with Gasteiger partial charge >= 0.3 is 6.01 Å². The summed E-state index contributed by atoms with van der Waals surface area (Å²) in [6.45, 7) is 4.17. The second-order valence-corrected chi connectivity index (χ2v) is 3.63. The molecule has 0 aliphatic heterocycles. The van der Waals surface area contributed by atoms with Crippen LogP contribution in [0.1, 0.15) is 22.6 Å². The summed E-state index contributed by atoms with van der Waals surface area (Å²) in [5, 5.41) is 7.44. The van der Waals surface area contributed by atoms with Gasteiger partial charge in [0.05, 0.1) is 6.42 Å². The molecular formula is C11H13N3O. The van der Waals surface area contributed by atoms with Crippen molar-refractivity contribution in [2.45, 2.75) is 20.3 Å². The molecule has 15 heavy (non-hydrogen) atoms. The fourth-order valence-corrected chi connectivity index (χ4v) is 1.43. The van der Waals surface area contributed by atoms with Gasteiger partial charge in [-0.1, -0.05) is 23.3 Å². The molecule has 1 aromatic carbocycles. The molecule has 0 spiro atoms. The van der Waals surface area contributed by atoms with Gasteiger partial charge in [0.15, 0.2) is 0 Å². The van der Waals surface area contributed by atoms with Crippen molar-refractivity contribution < 1.29 is 4.42 Å². The van der Waals surface area contributed by atoms with Gasteiger partial charge in [-0.25, -0.2) is 0 Å². The van der Waals surface area contributed by atoms with E-state index in [2.05, 4.69) is 42.2 Å². The molecule has 0 bridgehead atoms. The molecule has 2 N–H and O–H groups in total. The number of aromatic nitrogens is 2. The van der Waals surface area contributed by atoms with Crippen LogP contribution < -0.4 is 5.73 Å². The Morgan fingerprint density at radius 2 is 2.00 bits per heavy atom. The molecule has 4 heteroatoms. The zero-order valence-electron chi connectivity index (χ0n) is 8.82. The minimum Gasteiger partial charge on any atom is -0.408 e. The normalized spacial score (nSPS) is 10.5. The highest BCUT2D eigenvalue weighted by molar-refractivity contribution is 5.31. The van der Waals surface area contributed by atoms with Crippen LogP contribution in [0.25, 0.3) is 0 Å².